The Morgan fingerprint density at radius 1 is 1.69 bits per heavy atom. The number of halogens is 1. The molecule has 90 valence electrons. The van der Waals surface area contributed by atoms with Crippen LogP contribution in [0.15, 0.2) is 0 Å². The Labute approximate surface area is 103 Å². The SMILES string of the molecule is CCCc1nc(NC(=N)N)sc1C(=O)O.Cl. The van der Waals surface area contributed by atoms with Gasteiger partial charge in [-0.2, -0.15) is 0 Å². The summed E-state index contributed by atoms with van der Waals surface area (Å²) in [5, 5.41) is 18.7. The largest absolute Gasteiger partial charge is 0.477 e. The normalized spacial score (nSPS) is 9.31. The Kier molecular flexibility index (Phi) is 5.76. The molecular weight excluding hydrogens is 252 g/mol. The molecule has 0 amide bonds. The van der Waals surface area contributed by atoms with Gasteiger partial charge < -0.3 is 16.2 Å². The van der Waals surface area contributed by atoms with Crippen molar-refractivity contribution in [2.45, 2.75) is 19.8 Å². The number of anilines is 1. The van der Waals surface area contributed by atoms with Crippen LogP contribution in [0.3, 0.4) is 0 Å². The van der Waals surface area contributed by atoms with Crippen molar-refractivity contribution in [2.75, 3.05) is 5.32 Å². The zero-order valence-electron chi connectivity index (χ0n) is 8.61. The third kappa shape index (κ3) is 3.67. The number of aromatic nitrogens is 1. The van der Waals surface area contributed by atoms with E-state index in [-0.39, 0.29) is 23.2 Å². The van der Waals surface area contributed by atoms with Gasteiger partial charge in [0.2, 0.25) is 0 Å². The van der Waals surface area contributed by atoms with Gasteiger partial charge in [-0.3, -0.25) is 5.41 Å². The summed E-state index contributed by atoms with van der Waals surface area (Å²) in [6.45, 7) is 1.95. The van der Waals surface area contributed by atoms with Crippen LogP contribution in [0.1, 0.15) is 28.7 Å². The van der Waals surface area contributed by atoms with E-state index in [0.29, 0.717) is 17.2 Å². The minimum Gasteiger partial charge on any atom is -0.477 e. The monoisotopic (exact) mass is 264 g/mol. The predicted octanol–water partition coefficient (Wildman–Crippen LogP) is 1.52. The number of hydrogen-bond acceptors (Lipinski definition) is 4. The van der Waals surface area contributed by atoms with Crippen molar-refractivity contribution >= 4 is 40.8 Å². The first-order chi connectivity index (χ1) is 7.04. The lowest BCUT2D eigenvalue weighted by Crippen LogP contribution is -2.20. The first-order valence-electron chi connectivity index (χ1n) is 4.38. The molecule has 8 heteroatoms. The van der Waals surface area contributed by atoms with Crippen molar-refractivity contribution in [3.05, 3.63) is 10.6 Å². The fourth-order valence-corrected chi connectivity index (χ4v) is 1.96. The van der Waals surface area contributed by atoms with E-state index >= 15 is 0 Å². The maximum atomic E-state index is 10.9. The standard InChI is InChI=1S/C8H12N4O2S.ClH/c1-2-3-4-5(6(13)14)15-8(11-4)12-7(9)10;/h2-3H2,1H3,(H,13,14)(H4,9,10,11,12);1H. The van der Waals surface area contributed by atoms with E-state index < -0.39 is 5.97 Å². The summed E-state index contributed by atoms with van der Waals surface area (Å²) in [7, 11) is 0. The van der Waals surface area contributed by atoms with Gasteiger partial charge in [0.25, 0.3) is 0 Å². The highest BCUT2D eigenvalue weighted by atomic mass is 35.5. The van der Waals surface area contributed by atoms with Gasteiger partial charge in [0.15, 0.2) is 11.1 Å². The number of nitrogens with one attached hydrogen (secondary N) is 2. The Morgan fingerprint density at radius 3 is 2.75 bits per heavy atom. The maximum absolute atomic E-state index is 10.9. The Morgan fingerprint density at radius 2 is 2.31 bits per heavy atom. The smallest absolute Gasteiger partial charge is 0.347 e. The van der Waals surface area contributed by atoms with Crippen molar-refractivity contribution < 1.29 is 9.90 Å². The molecule has 0 saturated carbocycles. The van der Waals surface area contributed by atoms with Gasteiger partial charge in [-0.15, -0.1) is 12.4 Å². The predicted molar refractivity (Wildman–Crippen MR) is 65.9 cm³/mol. The van der Waals surface area contributed by atoms with E-state index in [1.807, 2.05) is 6.92 Å². The van der Waals surface area contributed by atoms with Crippen LogP contribution in [0.4, 0.5) is 5.13 Å². The molecular formula is C8H13ClN4O2S. The second-order valence-corrected chi connectivity index (χ2v) is 3.89. The highest BCUT2D eigenvalue weighted by Gasteiger charge is 2.16. The molecule has 0 saturated heterocycles. The zero-order chi connectivity index (χ0) is 11.4. The first-order valence-corrected chi connectivity index (χ1v) is 5.20. The molecule has 0 unspecified atom stereocenters. The molecule has 6 nitrogen and oxygen atoms in total. The fourth-order valence-electron chi connectivity index (χ4n) is 1.09. The first kappa shape index (κ1) is 14.7. The highest BCUT2D eigenvalue weighted by molar-refractivity contribution is 7.17. The number of carboxylic acid groups (broad SMARTS) is 1. The van der Waals surface area contributed by atoms with E-state index in [1.165, 1.54) is 0 Å². The van der Waals surface area contributed by atoms with Crippen molar-refractivity contribution in [1.82, 2.24) is 4.98 Å². The van der Waals surface area contributed by atoms with Crippen molar-refractivity contribution in [1.29, 1.82) is 5.41 Å². The van der Waals surface area contributed by atoms with Crippen LogP contribution in [-0.2, 0) is 6.42 Å². The molecule has 0 bridgehead atoms. The number of nitrogens with two attached hydrogens (primary N) is 1. The number of thiazole rings is 1. The van der Waals surface area contributed by atoms with Gasteiger partial charge in [0.05, 0.1) is 5.69 Å². The summed E-state index contributed by atoms with van der Waals surface area (Å²) in [6.07, 6.45) is 1.43. The van der Waals surface area contributed by atoms with Crippen LogP contribution in [0.2, 0.25) is 0 Å². The van der Waals surface area contributed by atoms with Gasteiger partial charge in [-0.1, -0.05) is 24.7 Å². The molecule has 5 N–H and O–H groups in total. The molecule has 0 fully saturated rings. The van der Waals surface area contributed by atoms with Crippen LogP contribution in [0.5, 0.6) is 0 Å². The average Bonchev–Trinajstić information content (AvgIpc) is 2.47. The fraction of sp³-hybridized carbons (Fsp3) is 0.375. The third-order valence-electron chi connectivity index (χ3n) is 1.62. The van der Waals surface area contributed by atoms with Crippen LogP contribution in [-0.4, -0.2) is 22.0 Å². The number of nitrogens with zero attached hydrogens (tertiary/aromatic N) is 1. The molecule has 0 aromatic carbocycles. The molecule has 0 aliphatic heterocycles. The molecule has 0 spiro atoms. The van der Waals surface area contributed by atoms with E-state index in [9.17, 15) is 4.79 Å². The topological polar surface area (TPSA) is 112 Å². The summed E-state index contributed by atoms with van der Waals surface area (Å²) >= 11 is 0.993. The van der Waals surface area contributed by atoms with Gasteiger partial charge in [0.1, 0.15) is 4.88 Å². The summed E-state index contributed by atoms with van der Waals surface area (Å²) in [5.41, 5.74) is 5.67. The van der Waals surface area contributed by atoms with E-state index in [1.54, 1.807) is 0 Å². The highest BCUT2D eigenvalue weighted by Crippen LogP contribution is 2.23. The van der Waals surface area contributed by atoms with Gasteiger partial charge in [0, 0.05) is 0 Å². The minimum absolute atomic E-state index is 0. The second-order valence-electron chi connectivity index (χ2n) is 2.89. The van der Waals surface area contributed by atoms with E-state index in [4.69, 9.17) is 16.2 Å². The Balaban J connectivity index is 0.00000225. The third-order valence-corrected chi connectivity index (χ3v) is 2.62. The molecule has 0 aliphatic rings. The van der Waals surface area contributed by atoms with Crippen molar-refractivity contribution in [3.8, 4) is 0 Å². The number of aromatic carboxylic acids is 1. The average molecular weight is 265 g/mol. The number of guanidine groups is 1. The lowest BCUT2D eigenvalue weighted by atomic mass is 10.2. The molecule has 1 rings (SSSR count). The van der Waals surface area contributed by atoms with E-state index in [0.717, 1.165) is 17.8 Å². The molecule has 1 aromatic heterocycles. The molecule has 0 radical (unpaired) electrons. The Bertz CT molecular complexity index is 393. The van der Waals surface area contributed by atoms with Gasteiger partial charge in [-0.05, 0) is 6.42 Å². The molecule has 16 heavy (non-hydrogen) atoms. The lowest BCUT2D eigenvalue weighted by Gasteiger charge is -1.95. The second kappa shape index (κ2) is 6.29. The summed E-state index contributed by atoms with van der Waals surface area (Å²) < 4.78 is 0. The molecule has 1 aromatic rings. The zero-order valence-corrected chi connectivity index (χ0v) is 10.2. The quantitative estimate of drug-likeness (QED) is 0.487. The minimum atomic E-state index is -0.993. The van der Waals surface area contributed by atoms with Crippen molar-refractivity contribution in [3.63, 3.8) is 0 Å². The molecule has 0 atom stereocenters. The van der Waals surface area contributed by atoms with Crippen molar-refractivity contribution in [2.24, 2.45) is 5.73 Å². The summed E-state index contributed by atoms with van der Waals surface area (Å²) in [4.78, 5) is 15.1. The molecule has 0 aliphatic carbocycles. The van der Waals surface area contributed by atoms with Crippen LogP contribution in [0, 0.1) is 5.41 Å². The van der Waals surface area contributed by atoms with E-state index in [2.05, 4.69) is 10.3 Å². The van der Waals surface area contributed by atoms with Crippen LogP contribution >= 0.6 is 23.7 Å². The molecule has 1 heterocycles. The number of carbonyl (C=O) groups is 1. The number of carboxylic acids is 1. The van der Waals surface area contributed by atoms with Gasteiger partial charge in [-0.25, -0.2) is 9.78 Å². The lowest BCUT2D eigenvalue weighted by molar-refractivity contribution is 0.0700. The maximum Gasteiger partial charge on any atom is 0.347 e. The number of hydrogen-bond donors (Lipinski definition) is 4. The summed E-state index contributed by atoms with van der Waals surface area (Å²) in [5.74, 6) is -1.24. The number of aryl methyl sites for hydroxylation is 1. The van der Waals surface area contributed by atoms with Gasteiger partial charge >= 0.3 is 5.97 Å². The van der Waals surface area contributed by atoms with Crippen LogP contribution in [0.25, 0.3) is 0 Å². The summed E-state index contributed by atoms with van der Waals surface area (Å²) in [6, 6.07) is 0. The Hall–Kier alpha value is -1.34. The van der Waals surface area contributed by atoms with Crippen LogP contribution < -0.4 is 11.1 Å². The number of rotatable bonds is 4.